The zero-order chi connectivity index (χ0) is 13.8. The standard InChI is InChI=1S/C16H18N2O/c1-12-8-10-13(11-9-12)16(19)17-14-6-4-5-7-15(14)18(2)3/h4-11H,1-3H3,(H,17,19). The van der Waals surface area contributed by atoms with Gasteiger partial charge in [0.2, 0.25) is 0 Å². The summed E-state index contributed by atoms with van der Waals surface area (Å²) in [6.07, 6.45) is 0. The van der Waals surface area contributed by atoms with E-state index in [0.29, 0.717) is 5.56 Å². The molecule has 19 heavy (non-hydrogen) atoms. The molecule has 1 amide bonds. The number of nitrogens with zero attached hydrogens (tertiary/aromatic N) is 1. The van der Waals surface area contributed by atoms with Crippen molar-refractivity contribution in [3.8, 4) is 0 Å². The fraction of sp³-hybridized carbons (Fsp3) is 0.188. The molecule has 0 atom stereocenters. The normalized spacial score (nSPS) is 10.1. The minimum absolute atomic E-state index is 0.0886. The number of amides is 1. The molecule has 0 aliphatic rings. The highest BCUT2D eigenvalue weighted by atomic mass is 16.1. The molecule has 3 nitrogen and oxygen atoms in total. The molecule has 1 N–H and O–H groups in total. The van der Waals surface area contributed by atoms with E-state index < -0.39 is 0 Å². The molecule has 2 aromatic rings. The third-order valence-corrected chi connectivity index (χ3v) is 2.95. The van der Waals surface area contributed by atoms with Crippen LogP contribution in [0.2, 0.25) is 0 Å². The largest absolute Gasteiger partial charge is 0.376 e. The molecular formula is C16H18N2O. The van der Waals surface area contributed by atoms with E-state index in [4.69, 9.17) is 0 Å². The summed E-state index contributed by atoms with van der Waals surface area (Å²) in [5.74, 6) is -0.0886. The molecule has 0 fully saturated rings. The van der Waals surface area contributed by atoms with Gasteiger partial charge in [0.05, 0.1) is 11.4 Å². The Balaban J connectivity index is 2.22. The van der Waals surface area contributed by atoms with Crippen molar-refractivity contribution in [1.29, 1.82) is 0 Å². The predicted octanol–water partition coefficient (Wildman–Crippen LogP) is 3.31. The minimum Gasteiger partial charge on any atom is -0.376 e. The van der Waals surface area contributed by atoms with Crippen LogP contribution >= 0.6 is 0 Å². The first-order valence-electron chi connectivity index (χ1n) is 6.22. The first-order chi connectivity index (χ1) is 9.08. The Morgan fingerprint density at radius 1 is 1.00 bits per heavy atom. The first kappa shape index (κ1) is 13.1. The first-order valence-corrected chi connectivity index (χ1v) is 6.22. The highest BCUT2D eigenvalue weighted by molar-refractivity contribution is 6.05. The fourth-order valence-corrected chi connectivity index (χ4v) is 1.87. The SMILES string of the molecule is Cc1ccc(C(=O)Nc2ccccc2N(C)C)cc1. The molecular weight excluding hydrogens is 236 g/mol. The monoisotopic (exact) mass is 254 g/mol. The number of benzene rings is 2. The molecule has 0 aliphatic heterocycles. The Kier molecular flexibility index (Phi) is 3.85. The zero-order valence-electron chi connectivity index (χ0n) is 11.5. The number of carbonyl (C=O) groups excluding carboxylic acids is 1. The average molecular weight is 254 g/mol. The molecule has 0 aliphatic carbocycles. The van der Waals surface area contributed by atoms with Crippen molar-refractivity contribution in [1.82, 2.24) is 0 Å². The summed E-state index contributed by atoms with van der Waals surface area (Å²) in [6.45, 7) is 2.00. The summed E-state index contributed by atoms with van der Waals surface area (Å²) in [4.78, 5) is 14.1. The van der Waals surface area contributed by atoms with Crippen molar-refractivity contribution in [2.24, 2.45) is 0 Å². The van der Waals surface area contributed by atoms with Crippen molar-refractivity contribution in [2.75, 3.05) is 24.3 Å². The van der Waals surface area contributed by atoms with Gasteiger partial charge in [-0.25, -0.2) is 0 Å². The summed E-state index contributed by atoms with van der Waals surface area (Å²) >= 11 is 0. The van der Waals surface area contributed by atoms with Crippen molar-refractivity contribution in [2.45, 2.75) is 6.92 Å². The van der Waals surface area contributed by atoms with E-state index in [1.807, 2.05) is 74.4 Å². The molecule has 0 heterocycles. The number of anilines is 2. The summed E-state index contributed by atoms with van der Waals surface area (Å²) in [7, 11) is 3.91. The second kappa shape index (κ2) is 5.57. The maximum Gasteiger partial charge on any atom is 0.255 e. The molecule has 3 heteroatoms. The Labute approximate surface area is 113 Å². The van der Waals surface area contributed by atoms with Crippen LogP contribution in [0.3, 0.4) is 0 Å². The maximum absolute atomic E-state index is 12.2. The van der Waals surface area contributed by atoms with Crippen molar-refractivity contribution >= 4 is 17.3 Å². The summed E-state index contributed by atoms with van der Waals surface area (Å²) in [5.41, 5.74) is 3.62. The van der Waals surface area contributed by atoms with Gasteiger partial charge in [0.25, 0.3) is 5.91 Å². The van der Waals surface area contributed by atoms with Crippen LogP contribution in [-0.4, -0.2) is 20.0 Å². The van der Waals surface area contributed by atoms with Gasteiger partial charge in [-0.15, -0.1) is 0 Å². The number of aryl methyl sites for hydroxylation is 1. The fourth-order valence-electron chi connectivity index (χ4n) is 1.87. The van der Waals surface area contributed by atoms with Crippen LogP contribution in [0.25, 0.3) is 0 Å². The number of hydrogen-bond donors (Lipinski definition) is 1. The van der Waals surface area contributed by atoms with Crippen LogP contribution in [0.4, 0.5) is 11.4 Å². The van der Waals surface area contributed by atoms with Gasteiger partial charge in [0.15, 0.2) is 0 Å². The number of rotatable bonds is 3. The van der Waals surface area contributed by atoms with Gasteiger partial charge in [-0.05, 0) is 31.2 Å². The predicted molar refractivity (Wildman–Crippen MR) is 79.9 cm³/mol. The number of hydrogen-bond acceptors (Lipinski definition) is 2. The molecule has 0 aromatic heterocycles. The van der Waals surface area contributed by atoms with Gasteiger partial charge >= 0.3 is 0 Å². The summed E-state index contributed by atoms with van der Waals surface area (Å²) in [6, 6.07) is 15.3. The lowest BCUT2D eigenvalue weighted by atomic mass is 10.1. The lowest BCUT2D eigenvalue weighted by molar-refractivity contribution is 0.102. The van der Waals surface area contributed by atoms with Crippen molar-refractivity contribution in [3.05, 3.63) is 59.7 Å². The molecule has 0 spiro atoms. The quantitative estimate of drug-likeness (QED) is 0.911. The minimum atomic E-state index is -0.0886. The van der Waals surface area contributed by atoms with Crippen molar-refractivity contribution in [3.63, 3.8) is 0 Å². The van der Waals surface area contributed by atoms with E-state index in [0.717, 1.165) is 16.9 Å². The molecule has 0 unspecified atom stereocenters. The van der Waals surface area contributed by atoms with Crippen LogP contribution in [0, 0.1) is 6.92 Å². The molecule has 0 saturated heterocycles. The second-order valence-electron chi connectivity index (χ2n) is 4.73. The van der Waals surface area contributed by atoms with Gasteiger partial charge in [-0.2, -0.15) is 0 Å². The molecule has 0 radical (unpaired) electrons. The van der Waals surface area contributed by atoms with E-state index in [1.165, 1.54) is 0 Å². The summed E-state index contributed by atoms with van der Waals surface area (Å²) < 4.78 is 0. The van der Waals surface area contributed by atoms with Crippen molar-refractivity contribution < 1.29 is 4.79 Å². The molecule has 98 valence electrons. The Bertz CT molecular complexity index is 574. The molecule has 2 rings (SSSR count). The highest BCUT2D eigenvalue weighted by Gasteiger charge is 2.09. The number of para-hydroxylation sites is 2. The van der Waals surface area contributed by atoms with E-state index in [1.54, 1.807) is 0 Å². The number of nitrogens with one attached hydrogen (secondary N) is 1. The average Bonchev–Trinajstić information content (AvgIpc) is 2.39. The van der Waals surface area contributed by atoms with E-state index in [2.05, 4.69) is 5.32 Å². The van der Waals surface area contributed by atoms with Crippen LogP contribution in [0.1, 0.15) is 15.9 Å². The molecule has 0 saturated carbocycles. The Hall–Kier alpha value is -2.29. The lowest BCUT2D eigenvalue weighted by Crippen LogP contribution is -2.16. The van der Waals surface area contributed by atoms with E-state index >= 15 is 0 Å². The number of carbonyl (C=O) groups is 1. The highest BCUT2D eigenvalue weighted by Crippen LogP contribution is 2.24. The zero-order valence-corrected chi connectivity index (χ0v) is 11.5. The third kappa shape index (κ3) is 3.13. The maximum atomic E-state index is 12.2. The van der Waals surface area contributed by atoms with Gasteiger partial charge in [0.1, 0.15) is 0 Å². The third-order valence-electron chi connectivity index (χ3n) is 2.95. The van der Waals surface area contributed by atoms with Gasteiger partial charge in [0, 0.05) is 19.7 Å². The molecule has 0 bridgehead atoms. The van der Waals surface area contributed by atoms with Gasteiger partial charge < -0.3 is 10.2 Å². The van der Waals surface area contributed by atoms with Crippen LogP contribution in [0.5, 0.6) is 0 Å². The van der Waals surface area contributed by atoms with Gasteiger partial charge in [-0.1, -0.05) is 29.8 Å². The topological polar surface area (TPSA) is 32.3 Å². The Morgan fingerprint density at radius 3 is 2.26 bits per heavy atom. The molecule has 2 aromatic carbocycles. The second-order valence-corrected chi connectivity index (χ2v) is 4.73. The van der Waals surface area contributed by atoms with Crippen LogP contribution in [-0.2, 0) is 0 Å². The summed E-state index contributed by atoms with van der Waals surface area (Å²) in [5, 5.41) is 2.95. The van der Waals surface area contributed by atoms with E-state index in [-0.39, 0.29) is 5.91 Å². The Morgan fingerprint density at radius 2 is 1.63 bits per heavy atom. The van der Waals surface area contributed by atoms with Gasteiger partial charge in [-0.3, -0.25) is 4.79 Å². The van der Waals surface area contributed by atoms with Crippen LogP contribution < -0.4 is 10.2 Å². The lowest BCUT2D eigenvalue weighted by Gasteiger charge is -2.17. The van der Waals surface area contributed by atoms with Crippen LogP contribution in [0.15, 0.2) is 48.5 Å². The van der Waals surface area contributed by atoms with E-state index in [9.17, 15) is 4.79 Å². The smallest absolute Gasteiger partial charge is 0.255 e.